The van der Waals surface area contributed by atoms with E-state index in [2.05, 4.69) is 15.9 Å². The van der Waals surface area contributed by atoms with Crippen molar-refractivity contribution in [3.05, 3.63) is 27.2 Å². The number of carbonyl (C=O) groups is 1. The third-order valence-electron chi connectivity index (χ3n) is 1.47. The number of carbonyl (C=O) groups excluding carboxylic acids is 1. The average molecular weight is 249 g/mol. The molecule has 0 heterocycles. The smallest absolute Gasteiger partial charge is 0.161 e. The molecule has 4 heteroatoms. The summed E-state index contributed by atoms with van der Waals surface area (Å²) in [7, 11) is 0. The van der Waals surface area contributed by atoms with Crippen molar-refractivity contribution >= 4 is 39.0 Å². The fraction of sp³-hybridized carbons (Fsp3) is 0.125. The number of nitrogens with two attached hydrogens (primary N) is 1. The van der Waals surface area contributed by atoms with E-state index < -0.39 is 0 Å². The van der Waals surface area contributed by atoms with Gasteiger partial charge in [0.1, 0.15) is 0 Å². The molecule has 0 aromatic heterocycles. The monoisotopic (exact) mass is 247 g/mol. The first-order chi connectivity index (χ1) is 5.52. The number of rotatable bonds is 1. The van der Waals surface area contributed by atoms with Crippen LogP contribution in [-0.2, 0) is 0 Å². The molecular weight excluding hydrogens is 241 g/mol. The second-order valence-electron chi connectivity index (χ2n) is 2.41. The Labute approximate surface area is 83.8 Å². The van der Waals surface area contributed by atoms with Crippen molar-refractivity contribution in [1.82, 2.24) is 0 Å². The fourth-order valence-electron chi connectivity index (χ4n) is 0.867. The molecule has 0 aliphatic rings. The van der Waals surface area contributed by atoms with Gasteiger partial charge in [0, 0.05) is 15.7 Å². The summed E-state index contributed by atoms with van der Waals surface area (Å²) in [4.78, 5) is 11.0. The first kappa shape index (κ1) is 9.55. The van der Waals surface area contributed by atoms with Gasteiger partial charge in [-0.25, -0.2) is 0 Å². The minimum absolute atomic E-state index is 0.0816. The van der Waals surface area contributed by atoms with Crippen LogP contribution in [0.25, 0.3) is 0 Å². The zero-order chi connectivity index (χ0) is 9.30. The van der Waals surface area contributed by atoms with Crippen LogP contribution in [0.4, 0.5) is 5.69 Å². The summed E-state index contributed by atoms with van der Waals surface area (Å²) in [6.45, 7) is 1.45. The van der Waals surface area contributed by atoms with Crippen molar-refractivity contribution in [3.63, 3.8) is 0 Å². The zero-order valence-corrected chi connectivity index (χ0v) is 8.74. The minimum Gasteiger partial charge on any atom is -0.398 e. The van der Waals surface area contributed by atoms with E-state index in [4.69, 9.17) is 17.3 Å². The summed E-state index contributed by atoms with van der Waals surface area (Å²) in [5.41, 5.74) is 6.49. The molecule has 12 heavy (non-hydrogen) atoms. The van der Waals surface area contributed by atoms with Crippen LogP contribution in [0.15, 0.2) is 16.6 Å². The van der Waals surface area contributed by atoms with E-state index >= 15 is 0 Å². The molecular formula is C8H7BrClNO. The maximum absolute atomic E-state index is 11.0. The molecule has 0 amide bonds. The van der Waals surface area contributed by atoms with Crippen molar-refractivity contribution < 1.29 is 4.79 Å². The Morgan fingerprint density at radius 1 is 1.58 bits per heavy atom. The molecule has 0 aliphatic heterocycles. The van der Waals surface area contributed by atoms with Crippen LogP contribution < -0.4 is 5.73 Å². The van der Waals surface area contributed by atoms with Crippen LogP contribution in [0.5, 0.6) is 0 Å². The molecule has 0 fully saturated rings. The number of anilines is 1. The van der Waals surface area contributed by atoms with Gasteiger partial charge in [-0.15, -0.1) is 0 Å². The summed E-state index contributed by atoms with van der Waals surface area (Å²) < 4.78 is 0.701. The van der Waals surface area contributed by atoms with E-state index in [0.717, 1.165) is 0 Å². The molecule has 2 N–H and O–H groups in total. The molecule has 1 aromatic rings. The Hall–Kier alpha value is -0.540. The van der Waals surface area contributed by atoms with Crippen molar-refractivity contribution in [3.8, 4) is 0 Å². The third-order valence-corrected chi connectivity index (χ3v) is 2.67. The summed E-state index contributed by atoms with van der Waals surface area (Å²) in [6.07, 6.45) is 0. The van der Waals surface area contributed by atoms with Gasteiger partial charge in [0.05, 0.1) is 5.02 Å². The lowest BCUT2D eigenvalue weighted by Gasteiger charge is -2.03. The quantitative estimate of drug-likeness (QED) is 0.613. The van der Waals surface area contributed by atoms with E-state index in [1.54, 1.807) is 12.1 Å². The van der Waals surface area contributed by atoms with Crippen LogP contribution in [0.2, 0.25) is 5.02 Å². The molecule has 0 radical (unpaired) electrons. The number of ketones is 1. The zero-order valence-electron chi connectivity index (χ0n) is 6.40. The number of Topliss-reactive ketones (excluding diaryl/α,β-unsaturated/α-hetero) is 1. The molecule has 64 valence electrons. The average Bonchev–Trinajstić information content (AvgIpc) is 1.96. The maximum atomic E-state index is 11.0. The fourth-order valence-corrected chi connectivity index (χ4v) is 1.39. The lowest BCUT2D eigenvalue weighted by molar-refractivity contribution is 0.101. The Balaban J connectivity index is 3.33. The highest BCUT2D eigenvalue weighted by Gasteiger charge is 2.07. The Morgan fingerprint density at radius 3 is 2.67 bits per heavy atom. The van der Waals surface area contributed by atoms with E-state index in [1.165, 1.54) is 6.92 Å². The number of nitrogen functional groups attached to an aromatic ring is 1. The van der Waals surface area contributed by atoms with Crippen LogP contribution in [0.3, 0.4) is 0 Å². The first-order valence-electron chi connectivity index (χ1n) is 3.28. The number of halogens is 2. The molecule has 0 bridgehead atoms. The second-order valence-corrected chi connectivity index (χ2v) is 3.67. The standard InChI is InChI=1S/C8H7BrClNO/c1-4(12)5-2-7(10)6(9)3-8(5)11/h2-3H,11H2,1H3. The molecule has 2 nitrogen and oxygen atoms in total. The molecule has 1 rings (SSSR count). The van der Waals surface area contributed by atoms with Crippen molar-refractivity contribution in [1.29, 1.82) is 0 Å². The second kappa shape index (κ2) is 3.46. The van der Waals surface area contributed by atoms with Crippen molar-refractivity contribution in [2.24, 2.45) is 0 Å². The predicted octanol–water partition coefficient (Wildman–Crippen LogP) is 2.89. The van der Waals surface area contributed by atoms with Gasteiger partial charge >= 0.3 is 0 Å². The van der Waals surface area contributed by atoms with Crippen LogP contribution in [0, 0.1) is 0 Å². The van der Waals surface area contributed by atoms with Crippen molar-refractivity contribution in [2.45, 2.75) is 6.92 Å². The topological polar surface area (TPSA) is 43.1 Å². The summed E-state index contributed by atoms with van der Waals surface area (Å²) in [5, 5.41) is 0.495. The lowest BCUT2D eigenvalue weighted by atomic mass is 10.1. The summed E-state index contributed by atoms with van der Waals surface area (Å²) in [5.74, 6) is -0.0816. The van der Waals surface area contributed by atoms with Gasteiger partial charge in [0.25, 0.3) is 0 Å². The highest BCUT2D eigenvalue weighted by atomic mass is 79.9. The van der Waals surface area contributed by atoms with Gasteiger partial charge in [-0.2, -0.15) is 0 Å². The summed E-state index contributed by atoms with van der Waals surface area (Å²) >= 11 is 8.98. The Bertz CT molecular complexity index is 338. The Kier molecular flexibility index (Phi) is 2.75. The van der Waals surface area contributed by atoms with Gasteiger partial charge in [0.15, 0.2) is 5.78 Å². The largest absolute Gasteiger partial charge is 0.398 e. The van der Waals surface area contributed by atoms with Gasteiger partial charge in [0.2, 0.25) is 0 Å². The highest BCUT2D eigenvalue weighted by Crippen LogP contribution is 2.27. The van der Waals surface area contributed by atoms with Crippen LogP contribution in [0.1, 0.15) is 17.3 Å². The third kappa shape index (κ3) is 1.79. The van der Waals surface area contributed by atoms with Gasteiger partial charge in [-0.3, -0.25) is 4.79 Å². The van der Waals surface area contributed by atoms with Crippen molar-refractivity contribution in [2.75, 3.05) is 5.73 Å². The maximum Gasteiger partial charge on any atom is 0.161 e. The normalized spacial score (nSPS) is 9.92. The van der Waals surface area contributed by atoms with Crippen LogP contribution in [-0.4, -0.2) is 5.78 Å². The van der Waals surface area contributed by atoms with E-state index in [-0.39, 0.29) is 5.78 Å². The van der Waals surface area contributed by atoms with Crippen LogP contribution >= 0.6 is 27.5 Å². The summed E-state index contributed by atoms with van der Waals surface area (Å²) in [6, 6.07) is 3.18. The molecule has 1 aromatic carbocycles. The lowest BCUT2D eigenvalue weighted by Crippen LogP contribution is -1.99. The molecule has 0 atom stereocenters. The van der Waals surface area contributed by atoms with Gasteiger partial charge in [-0.05, 0) is 35.0 Å². The molecule has 0 unspecified atom stereocenters. The molecule has 0 saturated carbocycles. The van der Waals surface area contributed by atoms with E-state index in [0.29, 0.717) is 20.7 Å². The number of hydrogen-bond acceptors (Lipinski definition) is 2. The molecule has 0 aliphatic carbocycles. The Morgan fingerprint density at radius 2 is 2.17 bits per heavy atom. The number of benzene rings is 1. The van der Waals surface area contributed by atoms with Gasteiger partial charge < -0.3 is 5.73 Å². The van der Waals surface area contributed by atoms with E-state index in [1.807, 2.05) is 0 Å². The minimum atomic E-state index is -0.0816. The molecule has 0 spiro atoms. The highest BCUT2D eigenvalue weighted by molar-refractivity contribution is 9.10. The predicted molar refractivity (Wildman–Crippen MR) is 53.6 cm³/mol. The first-order valence-corrected chi connectivity index (χ1v) is 4.45. The van der Waals surface area contributed by atoms with Gasteiger partial charge in [-0.1, -0.05) is 11.6 Å². The molecule has 0 saturated heterocycles. The number of hydrogen-bond donors (Lipinski definition) is 1. The van der Waals surface area contributed by atoms with E-state index in [9.17, 15) is 4.79 Å². The SMILES string of the molecule is CC(=O)c1cc(Cl)c(Br)cc1N.